The fourth-order valence-electron chi connectivity index (χ4n) is 7.18. The zero-order valence-corrected chi connectivity index (χ0v) is 21.7. The van der Waals surface area contributed by atoms with Crippen LogP contribution in [0.3, 0.4) is 0 Å². The van der Waals surface area contributed by atoms with Crippen molar-refractivity contribution >= 4 is 28.2 Å². The van der Waals surface area contributed by atoms with Crippen LogP contribution in [-0.4, -0.2) is 25.6 Å². The molecule has 2 heterocycles. The summed E-state index contributed by atoms with van der Waals surface area (Å²) in [5.74, 6) is 2.02. The van der Waals surface area contributed by atoms with Gasteiger partial charge in [-0.3, -0.25) is 4.79 Å². The molecule has 188 valence electrons. The normalized spacial score (nSPS) is 25.8. The molecule has 1 saturated carbocycles. The summed E-state index contributed by atoms with van der Waals surface area (Å²) in [6.45, 7) is 4.44. The highest BCUT2D eigenvalue weighted by molar-refractivity contribution is 7.17. The Balaban J connectivity index is 1.36. The average molecular weight is 506 g/mol. The van der Waals surface area contributed by atoms with Gasteiger partial charge in [0.2, 0.25) is 0 Å². The van der Waals surface area contributed by atoms with E-state index in [0.717, 1.165) is 43.4 Å². The van der Waals surface area contributed by atoms with Crippen molar-refractivity contribution in [3.63, 3.8) is 0 Å². The van der Waals surface area contributed by atoms with Crippen LogP contribution in [0.5, 0.6) is 5.75 Å². The van der Waals surface area contributed by atoms with E-state index in [-0.39, 0.29) is 23.1 Å². The molecule has 4 atom stereocenters. The predicted molar refractivity (Wildman–Crippen MR) is 138 cm³/mol. The molecule has 3 aliphatic carbocycles. The summed E-state index contributed by atoms with van der Waals surface area (Å²) < 4.78 is 16.2. The van der Waals surface area contributed by atoms with E-state index in [1.807, 2.05) is 6.92 Å². The van der Waals surface area contributed by atoms with Gasteiger partial charge < -0.3 is 19.2 Å². The number of rotatable bonds is 5. The third kappa shape index (κ3) is 3.51. The zero-order chi connectivity index (χ0) is 25.0. The second kappa shape index (κ2) is 8.80. The predicted octanol–water partition coefficient (Wildman–Crippen LogP) is 6.35. The van der Waals surface area contributed by atoms with Crippen LogP contribution < -0.4 is 10.1 Å². The molecule has 1 aromatic carbocycles. The van der Waals surface area contributed by atoms with Crippen molar-refractivity contribution in [1.29, 1.82) is 0 Å². The molecular weight excluding hydrogens is 474 g/mol. The first-order chi connectivity index (χ1) is 17.4. The van der Waals surface area contributed by atoms with Gasteiger partial charge in [0.15, 0.2) is 5.76 Å². The second-order valence-electron chi connectivity index (χ2n) is 10.4. The van der Waals surface area contributed by atoms with Crippen LogP contribution in [0.25, 0.3) is 0 Å². The van der Waals surface area contributed by atoms with Crippen LogP contribution in [0.1, 0.15) is 81.5 Å². The lowest BCUT2D eigenvalue weighted by Gasteiger charge is -2.49. The van der Waals surface area contributed by atoms with Gasteiger partial charge in [-0.1, -0.05) is 13.0 Å². The number of anilines is 1. The van der Waals surface area contributed by atoms with Gasteiger partial charge in [0, 0.05) is 4.88 Å². The molecule has 0 aliphatic heterocycles. The van der Waals surface area contributed by atoms with E-state index in [1.165, 1.54) is 33.6 Å². The summed E-state index contributed by atoms with van der Waals surface area (Å²) in [6.07, 6.45) is 6.71. The molecule has 1 fully saturated rings. The van der Waals surface area contributed by atoms with E-state index in [0.29, 0.717) is 34.9 Å². The van der Waals surface area contributed by atoms with E-state index >= 15 is 0 Å². The molecule has 0 bridgehead atoms. The fraction of sp³-hybridized carbons (Fsp3) is 0.448. The number of hydrogen-bond acceptors (Lipinski definition) is 6. The van der Waals surface area contributed by atoms with Crippen molar-refractivity contribution in [3.8, 4) is 5.75 Å². The molecule has 0 spiro atoms. The Morgan fingerprint density at radius 3 is 2.86 bits per heavy atom. The van der Waals surface area contributed by atoms with E-state index in [2.05, 4.69) is 30.4 Å². The van der Waals surface area contributed by atoms with E-state index in [9.17, 15) is 9.59 Å². The molecule has 2 aromatic heterocycles. The number of furan rings is 1. The summed E-state index contributed by atoms with van der Waals surface area (Å²) in [5, 5.41) is 3.52. The number of carbonyl (C=O) groups is 2. The maximum absolute atomic E-state index is 13.3. The standard InChI is InChI=1S/C29H31NO5S/c1-4-34-28(32)24-25-23(36-27(24)30-26(31)22-6-5-13-35-22)15-21-20-9-7-16-14-17(33-3)8-10-18(16)19(20)11-12-29(21,25)2/h5-6,8,10,13-14,19-21H,4,7,9,11-12,15H2,1-3H3,(H,30,31)/t19-,20-,21+,29-/m1/s1. The lowest BCUT2D eigenvalue weighted by atomic mass is 9.54. The van der Waals surface area contributed by atoms with Crippen molar-refractivity contribution in [2.24, 2.45) is 11.8 Å². The Kier molecular flexibility index (Phi) is 5.71. The summed E-state index contributed by atoms with van der Waals surface area (Å²) in [6, 6.07) is 9.86. The highest BCUT2D eigenvalue weighted by atomic mass is 32.1. The van der Waals surface area contributed by atoms with Gasteiger partial charge in [-0.25, -0.2) is 4.79 Å². The Hall–Kier alpha value is -3.06. The maximum atomic E-state index is 13.3. The third-order valence-electron chi connectivity index (χ3n) is 8.73. The highest BCUT2D eigenvalue weighted by Crippen LogP contribution is 2.63. The van der Waals surface area contributed by atoms with Gasteiger partial charge in [-0.05, 0) is 103 Å². The van der Waals surface area contributed by atoms with Crippen molar-refractivity contribution in [1.82, 2.24) is 0 Å². The van der Waals surface area contributed by atoms with Crippen molar-refractivity contribution in [3.05, 3.63) is 69.5 Å². The number of amides is 1. The minimum Gasteiger partial charge on any atom is -0.497 e. The fourth-order valence-corrected chi connectivity index (χ4v) is 8.55. The number of nitrogens with one attached hydrogen (secondary N) is 1. The lowest BCUT2D eigenvalue weighted by Crippen LogP contribution is -2.43. The molecular formula is C29H31NO5S. The van der Waals surface area contributed by atoms with E-state index < -0.39 is 0 Å². The Labute approximate surface area is 215 Å². The molecule has 0 radical (unpaired) electrons. The summed E-state index contributed by atoms with van der Waals surface area (Å²) in [4.78, 5) is 27.3. The molecule has 7 heteroatoms. The number of thiophene rings is 1. The molecule has 0 unspecified atom stereocenters. The molecule has 6 rings (SSSR count). The van der Waals surface area contributed by atoms with Gasteiger partial charge in [0.1, 0.15) is 10.8 Å². The first-order valence-electron chi connectivity index (χ1n) is 12.8. The number of fused-ring (bicyclic) bond motifs is 7. The van der Waals surface area contributed by atoms with Gasteiger partial charge in [0.25, 0.3) is 5.91 Å². The molecule has 36 heavy (non-hydrogen) atoms. The monoisotopic (exact) mass is 505 g/mol. The van der Waals surface area contributed by atoms with Gasteiger partial charge in [-0.15, -0.1) is 11.3 Å². The first kappa shape index (κ1) is 23.3. The molecule has 1 amide bonds. The Bertz CT molecular complexity index is 1330. The van der Waals surface area contributed by atoms with Crippen molar-refractivity contribution in [2.75, 3.05) is 19.0 Å². The van der Waals surface area contributed by atoms with E-state index in [1.54, 1.807) is 19.2 Å². The number of benzene rings is 1. The van der Waals surface area contributed by atoms with Gasteiger partial charge in [-0.2, -0.15) is 0 Å². The highest BCUT2D eigenvalue weighted by Gasteiger charge is 2.55. The summed E-state index contributed by atoms with van der Waals surface area (Å²) >= 11 is 1.53. The molecule has 1 N–H and O–H groups in total. The minimum absolute atomic E-state index is 0.118. The minimum atomic E-state index is -0.352. The Morgan fingerprint density at radius 1 is 1.25 bits per heavy atom. The second-order valence-corrected chi connectivity index (χ2v) is 11.5. The smallest absolute Gasteiger partial charge is 0.341 e. The van der Waals surface area contributed by atoms with Crippen LogP contribution in [-0.2, 0) is 23.0 Å². The first-order valence-corrected chi connectivity index (χ1v) is 13.6. The van der Waals surface area contributed by atoms with Gasteiger partial charge >= 0.3 is 5.97 Å². The molecule has 3 aliphatic rings. The van der Waals surface area contributed by atoms with Crippen LogP contribution in [0, 0.1) is 11.8 Å². The Morgan fingerprint density at radius 2 is 2.11 bits per heavy atom. The van der Waals surface area contributed by atoms with E-state index in [4.69, 9.17) is 13.9 Å². The SMILES string of the molecule is CCOC(=O)c1c(NC(=O)c2ccco2)sc2c1[C@]1(C)CC[C@@H]3c4ccc(OC)cc4CC[C@H]3[C@@H]1C2. The number of esters is 1. The van der Waals surface area contributed by atoms with Crippen LogP contribution in [0.4, 0.5) is 5.00 Å². The number of aryl methyl sites for hydroxylation is 1. The third-order valence-corrected chi connectivity index (χ3v) is 9.86. The number of methoxy groups -OCH3 is 1. The van der Waals surface area contributed by atoms with Crippen molar-refractivity contribution < 1.29 is 23.5 Å². The topological polar surface area (TPSA) is 77.8 Å². The largest absolute Gasteiger partial charge is 0.497 e. The molecule has 6 nitrogen and oxygen atoms in total. The van der Waals surface area contributed by atoms with Crippen molar-refractivity contribution in [2.45, 2.75) is 57.3 Å². The lowest BCUT2D eigenvalue weighted by molar-refractivity contribution is 0.0519. The number of ether oxygens (including phenoxy) is 2. The quantitative estimate of drug-likeness (QED) is 0.409. The zero-order valence-electron chi connectivity index (χ0n) is 20.9. The molecule has 3 aromatic rings. The van der Waals surface area contributed by atoms with Crippen LogP contribution >= 0.6 is 11.3 Å². The van der Waals surface area contributed by atoms with Crippen LogP contribution in [0.15, 0.2) is 41.0 Å². The average Bonchev–Trinajstić information content (AvgIpc) is 3.59. The summed E-state index contributed by atoms with van der Waals surface area (Å²) in [7, 11) is 1.72. The number of hydrogen-bond donors (Lipinski definition) is 1. The van der Waals surface area contributed by atoms with Gasteiger partial charge in [0.05, 0.1) is 25.5 Å². The maximum Gasteiger partial charge on any atom is 0.341 e. The van der Waals surface area contributed by atoms with Crippen LogP contribution in [0.2, 0.25) is 0 Å². The summed E-state index contributed by atoms with van der Waals surface area (Å²) in [5.41, 5.74) is 4.42. The number of carbonyl (C=O) groups excluding carboxylic acids is 2. The molecule has 0 saturated heterocycles.